The monoisotopic (exact) mass is 387 g/mol. The van der Waals surface area contributed by atoms with Gasteiger partial charge < -0.3 is 15.4 Å². The van der Waals surface area contributed by atoms with Crippen LogP contribution < -0.4 is 16.0 Å². The fraction of sp³-hybridized carbons (Fsp3) is 0.158. The third kappa shape index (κ3) is 5.90. The quantitative estimate of drug-likeness (QED) is 0.647. The van der Waals surface area contributed by atoms with Crippen LogP contribution in [0.1, 0.15) is 22.0 Å². The van der Waals surface area contributed by atoms with Crippen LogP contribution in [-0.4, -0.2) is 37.4 Å². The van der Waals surface area contributed by atoms with Gasteiger partial charge in [-0.2, -0.15) is 0 Å². The van der Waals surface area contributed by atoms with E-state index < -0.39 is 42.3 Å². The van der Waals surface area contributed by atoms with Crippen molar-refractivity contribution in [2.24, 2.45) is 0 Å². The van der Waals surface area contributed by atoms with Gasteiger partial charge in [0.15, 0.2) is 0 Å². The van der Waals surface area contributed by atoms with Gasteiger partial charge in [0.05, 0.1) is 0 Å². The highest BCUT2D eigenvalue weighted by Gasteiger charge is 2.26. The highest BCUT2D eigenvalue weighted by molar-refractivity contribution is 5.98. The Morgan fingerprint density at radius 3 is 2.39 bits per heavy atom. The number of carbonyl (C=O) groups is 4. The molecule has 0 saturated heterocycles. The maximum Gasteiger partial charge on any atom is 0.326 e. The Morgan fingerprint density at radius 1 is 1.04 bits per heavy atom. The SMILES string of the molecule is CNC(=O)NC(=O)[C@@H](OC(=O)CNC(=O)c1cccc(F)c1)c1ccccc1. The van der Waals surface area contributed by atoms with Crippen LogP contribution >= 0.6 is 0 Å². The maximum atomic E-state index is 13.2. The lowest BCUT2D eigenvalue weighted by molar-refractivity contribution is -0.155. The molecule has 0 saturated carbocycles. The van der Waals surface area contributed by atoms with Crippen molar-refractivity contribution in [3.63, 3.8) is 0 Å². The van der Waals surface area contributed by atoms with Gasteiger partial charge in [0, 0.05) is 18.2 Å². The number of rotatable bonds is 6. The van der Waals surface area contributed by atoms with E-state index in [0.717, 1.165) is 6.07 Å². The number of urea groups is 1. The van der Waals surface area contributed by atoms with E-state index >= 15 is 0 Å². The molecule has 1 atom stereocenters. The first-order chi connectivity index (χ1) is 13.4. The molecule has 3 N–H and O–H groups in total. The zero-order valence-electron chi connectivity index (χ0n) is 14.9. The Labute approximate surface area is 160 Å². The number of imide groups is 1. The van der Waals surface area contributed by atoms with Crippen molar-refractivity contribution in [1.82, 2.24) is 16.0 Å². The molecule has 0 bridgehead atoms. The summed E-state index contributed by atoms with van der Waals surface area (Å²) < 4.78 is 18.3. The first kappa shape index (κ1) is 20.6. The second-order valence-electron chi connectivity index (χ2n) is 5.54. The van der Waals surface area contributed by atoms with Crippen molar-refractivity contribution in [2.75, 3.05) is 13.6 Å². The number of benzene rings is 2. The summed E-state index contributed by atoms with van der Waals surface area (Å²) in [6.07, 6.45) is -1.39. The molecule has 146 valence electrons. The molecule has 2 aromatic rings. The average molecular weight is 387 g/mol. The smallest absolute Gasteiger partial charge is 0.326 e. The van der Waals surface area contributed by atoms with Crippen LogP contribution in [0, 0.1) is 5.82 Å². The summed E-state index contributed by atoms with van der Waals surface area (Å²) in [5, 5.41) is 6.54. The van der Waals surface area contributed by atoms with Gasteiger partial charge in [0.1, 0.15) is 12.4 Å². The Balaban J connectivity index is 2.02. The molecule has 4 amide bonds. The molecule has 0 spiro atoms. The first-order valence-corrected chi connectivity index (χ1v) is 8.21. The molecule has 0 aliphatic carbocycles. The second kappa shape index (κ2) is 9.81. The first-order valence-electron chi connectivity index (χ1n) is 8.21. The minimum atomic E-state index is -1.39. The maximum absolute atomic E-state index is 13.2. The lowest BCUT2D eigenvalue weighted by atomic mass is 10.1. The molecular weight excluding hydrogens is 369 g/mol. The molecule has 28 heavy (non-hydrogen) atoms. The summed E-state index contributed by atoms with van der Waals surface area (Å²) in [5.74, 6) is -3.03. The number of carbonyl (C=O) groups excluding carboxylic acids is 4. The molecule has 2 aromatic carbocycles. The molecule has 0 aliphatic heterocycles. The van der Waals surface area contributed by atoms with Gasteiger partial charge in [-0.1, -0.05) is 36.4 Å². The fourth-order valence-corrected chi connectivity index (χ4v) is 2.20. The summed E-state index contributed by atoms with van der Waals surface area (Å²) in [7, 11) is 1.33. The van der Waals surface area contributed by atoms with Crippen LogP contribution in [0.3, 0.4) is 0 Å². The molecule has 0 aliphatic rings. The minimum Gasteiger partial charge on any atom is -0.446 e. The zero-order chi connectivity index (χ0) is 20.5. The molecule has 0 fully saturated rings. The molecule has 8 nitrogen and oxygen atoms in total. The third-order valence-electron chi connectivity index (χ3n) is 3.53. The normalized spacial score (nSPS) is 11.1. The molecule has 0 unspecified atom stereocenters. The molecular formula is C19H18FN3O5. The zero-order valence-corrected chi connectivity index (χ0v) is 14.9. The van der Waals surface area contributed by atoms with E-state index in [2.05, 4.69) is 10.6 Å². The van der Waals surface area contributed by atoms with Gasteiger partial charge in [-0.3, -0.25) is 19.7 Å². The summed E-state index contributed by atoms with van der Waals surface area (Å²) >= 11 is 0. The summed E-state index contributed by atoms with van der Waals surface area (Å²) in [5.41, 5.74) is 0.374. The average Bonchev–Trinajstić information content (AvgIpc) is 2.70. The lowest BCUT2D eigenvalue weighted by Crippen LogP contribution is -2.42. The van der Waals surface area contributed by atoms with E-state index in [1.165, 1.54) is 25.2 Å². The largest absolute Gasteiger partial charge is 0.446 e. The highest BCUT2D eigenvalue weighted by Crippen LogP contribution is 2.17. The molecule has 2 rings (SSSR count). The van der Waals surface area contributed by atoms with E-state index in [1.807, 2.05) is 5.32 Å². The molecule has 0 heterocycles. The predicted molar refractivity (Wildman–Crippen MR) is 96.6 cm³/mol. The van der Waals surface area contributed by atoms with E-state index in [4.69, 9.17) is 4.74 Å². The number of amides is 4. The topological polar surface area (TPSA) is 114 Å². The number of ether oxygens (including phenoxy) is 1. The van der Waals surface area contributed by atoms with Crippen molar-refractivity contribution in [1.29, 1.82) is 0 Å². The summed E-state index contributed by atoms with van der Waals surface area (Å²) in [6, 6.07) is 12.2. The van der Waals surface area contributed by atoms with Crippen molar-refractivity contribution < 1.29 is 28.3 Å². The van der Waals surface area contributed by atoms with E-state index in [0.29, 0.717) is 5.56 Å². The standard InChI is InChI=1S/C19H18FN3O5/c1-21-19(27)23-18(26)16(12-6-3-2-4-7-12)28-15(24)11-22-17(25)13-8-5-9-14(20)10-13/h2-10,16H,11H2,1H3,(H,22,25)(H2,21,23,26,27)/t16-/m0/s1. The molecule has 9 heteroatoms. The van der Waals surface area contributed by atoms with Gasteiger partial charge in [0.2, 0.25) is 6.10 Å². The second-order valence-corrected chi connectivity index (χ2v) is 5.54. The van der Waals surface area contributed by atoms with E-state index in [-0.39, 0.29) is 5.56 Å². The van der Waals surface area contributed by atoms with Crippen LogP contribution in [0.2, 0.25) is 0 Å². The Bertz CT molecular complexity index is 873. The number of hydrogen-bond acceptors (Lipinski definition) is 5. The Hall–Kier alpha value is -3.75. The Morgan fingerprint density at radius 2 is 1.75 bits per heavy atom. The fourth-order valence-electron chi connectivity index (χ4n) is 2.20. The highest BCUT2D eigenvalue weighted by atomic mass is 19.1. The van der Waals surface area contributed by atoms with Gasteiger partial charge in [0.25, 0.3) is 11.8 Å². The third-order valence-corrected chi connectivity index (χ3v) is 3.53. The minimum absolute atomic E-state index is 0.0322. The van der Waals surface area contributed by atoms with Crippen LogP contribution in [0.25, 0.3) is 0 Å². The number of nitrogens with one attached hydrogen (secondary N) is 3. The van der Waals surface area contributed by atoms with Gasteiger partial charge in [-0.25, -0.2) is 9.18 Å². The van der Waals surface area contributed by atoms with Crippen molar-refractivity contribution in [2.45, 2.75) is 6.10 Å². The summed E-state index contributed by atoms with van der Waals surface area (Å²) in [4.78, 5) is 47.7. The lowest BCUT2D eigenvalue weighted by Gasteiger charge is -2.17. The number of esters is 1. The molecule has 0 aromatic heterocycles. The van der Waals surface area contributed by atoms with Crippen LogP contribution in [0.15, 0.2) is 54.6 Å². The predicted octanol–water partition coefficient (Wildman–Crippen LogP) is 1.30. The van der Waals surface area contributed by atoms with Crippen LogP contribution in [0.5, 0.6) is 0 Å². The van der Waals surface area contributed by atoms with E-state index in [1.54, 1.807) is 30.3 Å². The van der Waals surface area contributed by atoms with Gasteiger partial charge in [-0.05, 0) is 18.2 Å². The van der Waals surface area contributed by atoms with Crippen LogP contribution in [-0.2, 0) is 14.3 Å². The van der Waals surface area contributed by atoms with E-state index in [9.17, 15) is 23.6 Å². The van der Waals surface area contributed by atoms with Crippen molar-refractivity contribution in [3.8, 4) is 0 Å². The van der Waals surface area contributed by atoms with Crippen molar-refractivity contribution in [3.05, 3.63) is 71.5 Å². The number of hydrogen-bond donors (Lipinski definition) is 3. The Kier molecular flexibility index (Phi) is 7.21. The van der Waals surface area contributed by atoms with Crippen molar-refractivity contribution >= 4 is 23.8 Å². The van der Waals surface area contributed by atoms with Crippen LogP contribution in [0.4, 0.5) is 9.18 Å². The molecule has 0 radical (unpaired) electrons. The van der Waals surface area contributed by atoms with Gasteiger partial charge in [-0.15, -0.1) is 0 Å². The number of halogens is 1. The summed E-state index contributed by atoms with van der Waals surface area (Å²) in [6.45, 7) is -0.550. The van der Waals surface area contributed by atoms with Gasteiger partial charge >= 0.3 is 12.0 Å².